The summed E-state index contributed by atoms with van der Waals surface area (Å²) in [4.78, 5) is 4.48. The van der Waals surface area contributed by atoms with Gasteiger partial charge in [0.1, 0.15) is 11.9 Å². The Bertz CT molecular complexity index is 519. The van der Waals surface area contributed by atoms with Crippen LogP contribution in [0.2, 0.25) is 0 Å². The molecule has 0 saturated heterocycles. The maximum absolute atomic E-state index is 9.23. The zero-order valence-corrected chi connectivity index (χ0v) is 11.1. The molecule has 3 heteroatoms. The van der Waals surface area contributed by atoms with Crippen LogP contribution in [0.5, 0.6) is 0 Å². The minimum absolute atomic E-state index is 0.534. The highest BCUT2D eigenvalue weighted by atomic mass is 15.0. The van der Waals surface area contributed by atoms with Crippen LogP contribution in [0, 0.1) is 36.5 Å². The van der Waals surface area contributed by atoms with E-state index in [1.54, 1.807) is 0 Å². The fourth-order valence-corrected chi connectivity index (χ4v) is 2.95. The van der Waals surface area contributed by atoms with Crippen molar-refractivity contribution >= 4 is 5.82 Å². The van der Waals surface area contributed by atoms with Crippen LogP contribution in [0.25, 0.3) is 0 Å². The van der Waals surface area contributed by atoms with Crippen LogP contribution in [0.15, 0.2) is 6.07 Å². The fraction of sp³-hybridized carbons (Fsp3) is 0.600. The quantitative estimate of drug-likeness (QED) is 0.880. The molecule has 0 bridgehead atoms. The molecule has 1 aromatic rings. The first-order valence-corrected chi connectivity index (χ1v) is 6.77. The molecule has 0 atom stereocenters. The van der Waals surface area contributed by atoms with Crippen LogP contribution in [0.4, 0.5) is 5.82 Å². The van der Waals surface area contributed by atoms with E-state index < -0.39 is 0 Å². The second kappa shape index (κ2) is 3.98. The molecule has 0 unspecified atom stereocenters. The van der Waals surface area contributed by atoms with Gasteiger partial charge in [-0.15, -0.1) is 0 Å². The minimum Gasteiger partial charge on any atom is -0.368 e. The van der Waals surface area contributed by atoms with Crippen LogP contribution < -0.4 is 5.32 Å². The molecule has 3 rings (SSSR count). The van der Waals surface area contributed by atoms with Gasteiger partial charge >= 0.3 is 0 Å². The zero-order valence-electron chi connectivity index (χ0n) is 11.1. The maximum Gasteiger partial charge on any atom is 0.144 e. The first-order chi connectivity index (χ1) is 8.64. The number of nitrogens with one attached hydrogen (secondary N) is 1. The number of aryl methyl sites for hydroxylation is 2. The average Bonchev–Trinajstić information content (AvgIpc) is 3.17. The summed E-state index contributed by atoms with van der Waals surface area (Å²) in [7, 11) is 0. The van der Waals surface area contributed by atoms with Crippen LogP contribution in [0.1, 0.15) is 42.5 Å². The lowest BCUT2D eigenvalue weighted by molar-refractivity contribution is 0.466. The monoisotopic (exact) mass is 241 g/mol. The standard InChI is InChI=1S/C15H19N3/c1-10-7-11(2)18-14(13(10)8-16)17-9-15(5-6-15)12-3-4-12/h7,12H,3-6,9H2,1-2H3,(H,17,18). The summed E-state index contributed by atoms with van der Waals surface area (Å²) < 4.78 is 0. The van der Waals surface area contributed by atoms with Gasteiger partial charge in [-0.2, -0.15) is 5.26 Å². The first-order valence-electron chi connectivity index (χ1n) is 6.77. The van der Waals surface area contributed by atoms with Crippen molar-refractivity contribution in [2.24, 2.45) is 11.3 Å². The minimum atomic E-state index is 0.534. The Morgan fingerprint density at radius 2 is 2.17 bits per heavy atom. The summed E-state index contributed by atoms with van der Waals surface area (Å²) in [5.41, 5.74) is 3.23. The number of nitriles is 1. The smallest absolute Gasteiger partial charge is 0.144 e. The Hall–Kier alpha value is -1.56. The molecule has 0 spiro atoms. The average molecular weight is 241 g/mol. The van der Waals surface area contributed by atoms with Crippen LogP contribution >= 0.6 is 0 Å². The van der Waals surface area contributed by atoms with E-state index >= 15 is 0 Å². The second-order valence-corrected chi connectivity index (χ2v) is 5.91. The van der Waals surface area contributed by atoms with Crippen molar-refractivity contribution in [2.45, 2.75) is 39.5 Å². The van der Waals surface area contributed by atoms with Crippen LogP contribution in [-0.4, -0.2) is 11.5 Å². The Morgan fingerprint density at radius 1 is 1.44 bits per heavy atom. The highest BCUT2D eigenvalue weighted by Crippen LogP contribution is 2.61. The van der Waals surface area contributed by atoms with E-state index in [9.17, 15) is 5.26 Å². The lowest BCUT2D eigenvalue weighted by Gasteiger charge is -2.17. The van der Waals surface area contributed by atoms with Gasteiger partial charge in [-0.1, -0.05) is 0 Å². The zero-order chi connectivity index (χ0) is 12.8. The van der Waals surface area contributed by atoms with Gasteiger partial charge < -0.3 is 5.32 Å². The molecular formula is C15H19N3. The predicted molar refractivity (Wildman–Crippen MR) is 71.3 cm³/mol. The maximum atomic E-state index is 9.23. The number of pyridine rings is 1. The molecule has 0 radical (unpaired) electrons. The third kappa shape index (κ3) is 1.96. The molecule has 0 amide bonds. The molecule has 3 nitrogen and oxygen atoms in total. The SMILES string of the molecule is Cc1cc(C)c(C#N)c(NCC2(C3CC3)CC2)n1. The molecule has 2 aliphatic rings. The molecule has 2 fully saturated rings. The lowest BCUT2D eigenvalue weighted by atomic mass is 10.0. The Labute approximate surface area is 108 Å². The number of aromatic nitrogens is 1. The molecule has 1 heterocycles. The Morgan fingerprint density at radius 3 is 2.72 bits per heavy atom. The molecule has 0 aliphatic heterocycles. The summed E-state index contributed by atoms with van der Waals surface area (Å²) in [6.45, 7) is 4.95. The number of nitrogens with zero attached hydrogens (tertiary/aromatic N) is 2. The third-order valence-corrected chi connectivity index (χ3v) is 4.40. The number of rotatable bonds is 4. The van der Waals surface area contributed by atoms with Crippen molar-refractivity contribution in [3.63, 3.8) is 0 Å². The highest BCUT2D eigenvalue weighted by Gasteiger charge is 2.53. The predicted octanol–water partition coefficient (Wildman–Crippen LogP) is 3.17. The van der Waals surface area contributed by atoms with E-state index in [1.165, 1.54) is 25.7 Å². The van der Waals surface area contributed by atoms with Crippen molar-refractivity contribution in [3.05, 3.63) is 22.9 Å². The second-order valence-electron chi connectivity index (χ2n) is 5.91. The van der Waals surface area contributed by atoms with Gasteiger partial charge in [0.15, 0.2) is 0 Å². The van der Waals surface area contributed by atoms with Crippen LogP contribution in [0.3, 0.4) is 0 Å². The molecular weight excluding hydrogens is 222 g/mol. The van der Waals surface area contributed by atoms with E-state index in [-0.39, 0.29) is 0 Å². The van der Waals surface area contributed by atoms with Gasteiger partial charge in [0.05, 0.1) is 5.56 Å². The van der Waals surface area contributed by atoms with Gasteiger partial charge in [-0.05, 0) is 62.5 Å². The van der Waals surface area contributed by atoms with Crippen molar-refractivity contribution < 1.29 is 0 Å². The van der Waals surface area contributed by atoms with E-state index in [0.29, 0.717) is 11.0 Å². The van der Waals surface area contributed by atoms with Gasteiger partial charge in [-0.3, -0.25) is 0 Å². The molecule has 1 aromatic heterocycles. The van der Waals surface area contributed by atoms with Gasteiger partial charge in [0.2, 0.25) is 0 Å². The summed E-state index contributed by atoms with van der Waals surface area (Å²) in [6.07, 6.45) is 5.48. The molecule has 2 saturated carbocycles. The fourth-order valence-electron chi connectivity index (χ4n) is 2.95. The normalized spacial score (nSPS) is 20.3. The van der Waals surface area contributed by atoms with Crippen molar-refractivity contribution in [2.75, 3.05) is 11.9 Å². The third-order valence-electron chi connectivity index (χ3n) is 4.40. The number of hydrogen-bond acceptors (Lipinski definition) is 3. The molecule has 94 valence electrons. The molecule has 0 aromatic carbocycles. The van der Waals surface area contributed by atoms with Gasteiger partial charge in [0, 0.05) is 12.2 Å². The largest absolute Gasteiger partial charge is 0.368 e. The van der Waals surface area contributed by atoms with Crippen molar-refractivity contribution in [1.29, 1.82) is 5.26 Å². The van der Waals surface area contributed by atoms with Crippen molar-refractivity contribution in [3.8, 4) is 6.07 Å². The summed E-state index contributed by atoms with van der Waals surface area (Å²) in [5, 5.41) is 12.7. The molecule has 1 N–H and O–H groups in total. The van der Waals surface area contributed by atoms with Gasteiger partial charge in [0.25, 0.3) is 0 Å². The van der Waals surface area contributed by atoms with E-state index in [2.05, 4.69) is 16.4 Å². The summed E-state index contributed by atoms with van der Waals surface area (Å²) >= 11 is 0. The Balaban J connectivity index is 1.78. The van der Waals surface area contributed by atoms with Crippen LogP contribution in [-0.2, 0) is 0 Å². The van der Waals surface area contributed by atoms with E-state index in [1.807, 2.05) is 19.9 Å². The Kier molecular flexibility index (Phi) is 2.55. The summed E-state index contributed by atoms with van der Waals surface area (Å²) in [5.74, 6) is 1.71. The number of anilines is 1. The molecule has 2 aliphatic carbocycles. The first kappa shape index (κ1) is 11.5. The molecule has 18 heavy (non-hydrogen) atoms. The van der Waals surface area contributed by atoms with Crippen molar-refractivity contribution in [1.82, 2.24) is 4.98 Å². The highest BCUT2D eigenvalue weighted by molar-refractivity contribution is 5.56. The van der Waals surface area contributed by atoms with E-state index in [4.69, 9.17) is 0 Å². The van der Waals surface area contributed by atoms with Gasteiger partial charge in [-0.25, -0.2) is 4.98 Å². The summed E-state index contributed by atoms with van der Waals surface area (Å²) in [6, 6.07) is 4.24. The number of hydrogen-bond donors (Lipinski definition) is 1. The van der Waals surface area contributed by atoms with E-state index in [0.717, 1.165) is 29.5 Å². The topological polar surface area (TPSA) is 48.7 Å². The lowest BCUT2D eigenvalue weighted by Crippen LogP contribution is -2.19.